The summed E-state index contributed by atoms with van der Waals surface area (Å²) in [4.78, 5) is 0. The molecular formula is C8H14O3S. The molecule has 0 bridgehead atoms. The summed E-state index contributed by atoms with van der Waals surface area (Å²) in [5, 5.41) is 8.47. The molecule has 4 heteroatoms. The fraction of sp³-hybridized carbons (Fsp3) is 0.750. The number of hydrogen-bond donors (Lipinski definition) is 1. The quantitative estimate of drug-likeness (QED) is 0.654. The first-order chi connectivity index (χ1) is 5.64. The Morgan fingerprint density at radius 1 is 1.50 bits per heavy atom. The standard InChI is InChI=1S/C8H14O3S/c9-5-2-1-3-8-4-6-12(10,11)7-8/h1,3,8-9H,2,4-7H2/b3-1-. The number of rotatable bonds is 3. The van der Waals surface area contributed by atoms with Gasteiger partial charge < -0.3 is 5.11 Å². The van der Waals surface area contributed by atoms with Crippen LogP contribution < -0.4 is 0 Å². The summed E-state index contributed by atoms with van der Waals surface area (Å²) in [7, 11) is -2.75. The van der Waals surface area contributed by atoms with Gasteiger partial charge in [-0.15, -0.1) is 0 Å². The van der Waals surface area contributed by atoms with Gasteiger partial charge in [-0.3, -0.25) is 0 Å². The Kier molecular flexibility index (Phi) is 3.29. The number of aliphatic hydroxyl groups excluding tert-OH is 1. The smallest absolute Gasteiger partial charge is 0.150 e. The van der Waals surface area contributed by atoms with Gasteiger partial charge in [-0.2, -0.15) is 0 Å². The SMILES string of the molecule is O=S1(=O)CCC(/C=C\CCO)C1. The molecule has 0 aliphatic carbocycles. The van der Waals surface area contributed by atoms with Crippen molar-refractivity contribution in [2.24, 2.45) is 5.92 Å². The Bertz CT molecular complexity index is 253. The molecular weight excluding hydrogens is 176 g/mol. The Hall–Kier alpha value is -0.350. The van der Waals surface area contributed by atoms with Gasteiger partial charge in [-0.25, -0.2) is 8.42 Å². The molecule has 1 fully saturated rings. The molecule has 1 atom stereocenters. The lowest BCUT2D eigenvalue weighted by Gasteiger charge is -1.96. The molecule has 1 N–H and O–H groups in total. The normalized spacial score (nSPS) is 28.2. The van der Waals surface area contributed by atoms with Crippen molar-refractivity contribution in [1.82, 2.24) is 0 Å². The van der Waals surface area contributed by atoms with E-state index in [1.165, 1.54) is 0 Å². The summed E-state index contributed by atoms with van der Waals surface area (Å²) in [6, 6.07) is 0. The van der Waals surface area contributed by atoms with E-state index in [0.29, 0.717) is 12.2 Å². The molecule has 0 aromatic carbocycles. The minimum atomic E-state index is -2.75. The molecule has 1 heterocycles. The number of hydrogen-bond acceptors (Lipinski definition) is 3. The van der Waals surface area contributed by atoms with E-state index < -0.39 is 9.84 Å². The van der Waals surface area contributed by atoms with E-state index in [0.717, 1.165) is 6.42 Å². The van der Waals surface area contributed by atoms with Gasteiger partial charge >= 0.3 is 0 Å². The van der Waals surface area contributed by atoms with Crippen molar-refractivity contribution < 1.29 is 13.5 Å². The highest BCUT2D eigenvalue weighted by molar-refractivity contribution is 7.91. The van der Waals surface area contributed by atoms with Crippen LogP contribution in [0.15, 0.2) is 12.2 Å². The van der Waals surface area contributed by atoms with Gasteiger partial charge in [0, 0.05) is 6.61 Å². The molecule has 1 aliphatic rings. The van der Waals surface area contributed by atoms with Crippen molar-refractivity contribution in [3.63, 3.8) is 0 Å². The average Bonchev–Trinajstić information content (AvgIpc) is 2.31. The van der Waals surface area contributed by atoms with Crippen molar-refractivity contribution >= 4 is 9.84 Å². The summed E-state index contributed by atoms with van der Waals surface area (Å²) >= 11 is 0. The second-order valence-electron chi connectivity index (χ2n) is 3.10. The molecule has 70 valence electrons. The lowest BCUT2D eigenvalue weighted by Crippen LogP contribution is -2.02. The van der Waals surface area contributed by atoms with E-state index in [2.05, 4.69) is 0 Å². The Balaban J connectivity index is 2.38. The first-order valence-corrected chi connectivity index (χ1v) is 5.94. The van der Waals surface area contributed by atoms with E-state index in [1.54, 1.807) is 0 Å². The summed E-state index contributed by atoms with van der Waals surface area (Å²) in [6.45, 7) is 0.135. The van der Waals surface area contributed by atoms with Crippen LogP contribution in [0.2, 0.25) is 0 Å². The summed E-state index contributed by atoms with van der Waals surface area (Å²) in [5.41, 5.74) is 0. The molecule has 1 unspecified atom stereocenters. The van der Waals surface area contributed by atoms with E-state index in [-0.39, 0.29) is 18.3 Å². The summed E-state index contributed by atoms with van der Waals surface area (Å²) < 4.78 is 22.0. The number of sulfone groups is 1. The summed E-state index contributed by atoms with van der Waals surface area (Å²) in [5.74, 6) is 0.789. The Morgan fingerprint density at radius 3 is 2.75 bits per heavy atom. The minimum absolute atomic E-state index is 0.135. The van der Waals surface area contributed by atoms with E-state index >= 15 is 0 Å². The Labute approximate surface area is 73.0 Å². The van der Waals surface area contributed by atoms with Gasteiger partial charge in [0.05, 0.1) is 11.5 Å². The minimum Gasteiger partial charge on any atom is -0.396 e. The van der Waals surface area contributed by atoms with Crippen molar-refractivity contribution in [3.8, 4) is 0 Å². The molecule has 1 rings (SSSR count). The highest BCUT2D eigenvalue weighted by Gasteiger charge is 2.25. The molecule has 0 amide bonds. The molecule has 0 aromatic heterocycles. The van der Waals surface area contributed by atoms with Gasteiger partial charge in [0.1, 0.15) is 0 Å². The van der Waals surface area contributed by atoms with Gasteiger partial charge in [0.25, 0.3) is 0 Å². The van der Waals surface area contributed by atoms with Crippen LogP contribution in [0.3, 0.4) is 0 Å². The third-order valence-electron chi connectivity index (χ3n) is 1.97. The zero-order chi connectivity index (χ0) is 9.03. The van der Waals surface area contributed by atoms with Gasteiger partial charge in [0.2, 0.25) is 0 Å². The monoisotopic (exact) mass is 190 g/mol. The third-order valence-corrected chi connectivity index (χ3v) is 3.77. The Morgan fingerprint density at radius 2 is 2.25 bits per heavy atom. The summed E-state index contributed by atoms with van der Waals surface area (Å²) in [6.07, 6.45) is 5.12. The van der Waals surface area contributed by atoms with Crippen LogP contribution in [0.4, 0.5) is 0 Å². The topological polar surface area (TPSA) is 54.4 Å². The highest BCUT2D eigenvalue weighted by atomic mass is 32.2. The number of allylic oxidation sites excluding steroid dienone is 1. The van der Waals surface area contributed by atoms with Gasteiger partial charge in [-0.1, -0.05) is 12.2 Å². The lowest BCUT2D eigenvalue weighted by atomic mass is 10.1. The molecule has 12 heavy (non-hydrogen) atoms. The maximum atomic E-state index is 11.0. The van der Waals surface area contributed by atoms with Crippen LogP contribution in [0.25, 0.3) is 0 Å². The first kappa shape index (κ1) is 9.74. The first-order valence-electron chi connectivity index (χ1n) is 4.12. The predicted molar refractivity (Wildman–Crippen MR) is 47.6 cm³/mol. The molecule has 3 nitrogen and oxygen atoms in total. The van der Waals surface area contributed by atoms with Crippen LogP contribution in [-0.2, 0) is 9.84 Å². The van der Waals surface area contributed by atoms with Crippen molar-refractivity contribution in [3.05, 3.63) is 12.2 Å². The van der Waals surface area contributed by atoms with Gasteiger partial charge in [-0.05, 0) is 18.8 Å². The second kappa shape index (κ2) is 4.05. The van der Waals surface area contributed by atoms with Crippen LogP contribution >= 0.6 is 0 Å². The van der Waals surface area contributed by atoms with Crippen LogP contribution in [0.5, 0.6) is 0 Å². The zero-order valence-electron chi connectivity index (χ0n) is 6.94. The van der Waals surface area contributed by atoms with Crippen LogP contribution in [0.1, 0.15) is 12.8 Å². The van der Waals surface area contributed by atoms with Crippen LogP contribution in [-0.4, -0.2) is 31.6 Å². The van der Waals surface area contributed by atoms with Crippen molar-refractivity contribution in [1.29, 1.82) is 0 Å². The second-order valence-corrected chi connectivity index (χ2v) is 5.33. The molecule has 0 aromatic rings. The number of aliphatic hydroxyl groups is 1. The molecule has 1 saturated heterocycles. The zero-order valence-corrected chi connectivity index (χ0v) is 7.76. The molecule has 1 aliphatic heterocycles. The fourth-order valence-electron chi connectivity index (χ4n) is 1.34. The molecule has 0 radical (unpaired) electrons. The van der Waals surface area contributed by atoms with Gasteiger partial charge in [0.15, 0.2) is 9.84 Å². The molecule has 0 spiro atoms. The van der Waals surface area contributed by atoms with Crippen molar-refractivity contribution in [2.45, 2.75) is 12.8 Å². The predicted octanol–water partition coefficient (Wildman–Crippen LogP) is 0.360. The van der Waals surface area contributed by atoms with Crippen LogP contribution in [0, 0.1) is 5.92 Å². The third kappa shape index (κ3) is 2.95. The largest absolute Gasteiger partial charge is 0.396 e. The van der Waals surface area contributed by atoms with Crippen molar-refractivity contribution in [2.75, 3.05) is 18.1 Å². The highest BCUT2D eigenvalue weighted by Crippen LogP contribution is 2.19. The van der Waals surface area contributed by atoms with E-state index in [4.69, 9.17) is 5.11 Å². The van der Waals surface area contributed by atoms with E-state index in [9.17, 15) is 8.42 Å². The maximum Gasteiger partial charge on any atom is 0.150 e. The van der Waals surface area contributed by atoms with E-state index in [1.807, 2.05) is 12.2 Å². The molecule has 0 saturated carbocycles. The average molecular weight is 190 g/mol. The fourth-order valence-corrected chi connectivity index (χ4v) is 3.10. The lowest BCUT2D eigenvalue weighted by molar-refractivity contribution is 0.302. The maximum absolute atomic E-state index is 11.0.